The van der Waals surface area contributed by atoms with Crippen LogP contribution in [0.3, 0.4) is 0 Å². The standard InChI is InChI=1S/C10H15NO2S/c1-7-10(14-6-11-7)9(12)5-8-3-2-4-13-8/h6,8-9,12H,2-5H2,1H3. The van der Waals surface area contributed by atoms with Crippen LogP contribution in [0.2, 0.25) is 0 Å². The van der Waals surface area contributed by atoms with Gasteiger partial charge in [-0.1, -0.05) is 0 Å². The molecule has 2 rings (SSSR count). The number of hydrogen-bond donors (Lipinski definition) is 1. The fraction of sp³-hybridized carbons (Fsp3) is 0.700. The molecule has 1 aliphatic heterocycles. The maximum Gasteiger partial charge on any atom is 0.0925 e. The number of aryl methyl sites for hydroxylation is 1. The zero-order chi connectivity index (χ0) is 9.97. The molecule has 0 radical (unpaired) electrons. The number of aromatic nitrogens is 1. The Labute approximate surface area is 87.7 Å². The Morgan fingerprint density at radius 2 is 2.64 bits per heavy atom. The number of aliphatic hydroxyl groups is 1. The Morgan fingerprint density at radius 3 is 3.21 bits per heavy atom. The first-order chi connectivity index (χ1) is 6.77. The molecule has 2 unspecified atom stereocenters. The van der Waals surface area contributed by atoms with Crippen molar-refractivity contribution in [2.75, 3.05) is 6.61 Å². The van der Waals surface area contributed by atoms with E-state index in [4.69, 9.17) is 4.74 Å². The Hall–Kier alpha value is -0.450. The highest BCUT2D eigenvalue weighted by atomic mass is 32.1. The van der Waals surface area contributed by atoms with Crippen molar-refractivity contribution in [3.63, 3.8) is 0 Å². The molecule has 78 valence electrons. The highest BCUT2D eigenvalue weighted by Crippen LogP contribution is 2.28. The van der Waals surface area contributed by atoms with E-state index in [9.17, 15) is 5.11 Å². The highest BCUT2D eigenvalue weighted by Gasteiger charge is 2.22. The Bertz CT molecular complexity index is 294. The normalized spacial score (nSPS) is 24.0. The lowest BCUT2D eigenvalue weighted by Gasteiger charge is -2.14. The van der Waals surface area contributed by atoms with E-state index >= 15 is 0 Å². The minimum atomic E-state index is -0.398. The zero-order valence-corrected chi connectivity index (χ0v) is 9.09. The van der Waals surface area contributed by atoms with Crippen LogP contribution in [-0.4, -0.2) is 22.8 Å². The van der Waals surface area contributed by atoms with Gasteiger partial charge in [-0.3, -0.25) is 0 Å². The molecule has 2 atom stereocenters. The van der Waals surface area contributed by atoms with Gasteiger partial charge in [0.25, 0.3) is 0 Å². The highest BCUT2D eigenvalue weighted by molar-refractivity contribution is 7.09. The van der Waals surface area contributed by atoms with E-state index in [1.165, 1.54) is 11.3 Å². The summed E-state index contributed by atoms with van der Waals surface area (Å²) in [6.45, 7) is 2.78. The van der Waals surface area contributed by atoms with Crippen LogP contribution in [0.1, 0.15) is 35.9 Å². The van der Waals surface area contributed by atoms with Gasteiger partial charge in [0.2, 0.25) is 0 Å². The molecular formula is C10H15NO2S. The number of rotatable bonds is 3. The molecule has 1 aromatic heterocycles. The summed E-state index contributed by atoms with van der Waals surface area (Å²) < 4.78 is 5.49. The maximum absolute atomic E-state index is 9.94. The predicted octanol–water partition coefficient (Wildman–Crippen LogP) is 2.05. The molecule has 0 amide bonds. The second-order valence-electron chi connectivity index (χ2n) is 3.69. The Morgan fingerprint density at radius 1 is 1.79 bits per heavy atom. The summed E-state index contributed by atoms with van der Waals surface area (Å²) >= 11 is 1.52. The topological polar surface area (TPSA) is 42.4 Å². The van der Waals surface area contributed by atoms with E-state index in [2.05, 4.69) is 4.98 Å². The van der Waals surface area contributed by atoms with Gasteiger partial charge < -0.3 is 9.84 Å². The van der Waals surface area contributed by atoms with E-state index in [1.807, 2.05) is 6.92 Å². The van der Waals surface area contributed by atoms with E-state index in [-0.39, 0.29) is 6.10 Å². The third-order valence-electron chi connectivity index (χ3n) is 2.60. The molecule has 0 bridgehead atoms. The summed E-state index contributed by atoms with van der Waals surface area (Å²) in [5, 5.41) is 9.94. The molecule has 2 heterocycles. The van der Waals surface area contributed by atoms with Crippen molar-refractivity contribution in [2.45, 2.75) is 38.4 Å². The van der Waals surface area contributed by atoms with Crippen LogP contribution in [0.4, 0.5) is 0 Å². The van der Waals surface area contributed by atoms with Crippen molar-refractivity contribution in [2.24, 2.45) is 0 Å². The number of ether oxygens (including phenoxy) is 1. The van der Waals surface area contributed by atoms with Crippen molar-refractivity contribution in [1.29, 1.82) is 0 Å². The summed E-state index contributed by atoms with van der Waals surface area (Å²) in [4.78, 5) is 5.12. The molecule has 1 N–H and O–H groups in total. The largest absolute Gasteiger partial charge is 0.387 e. The summed E-state index contributed by atoms with van der Waals surface area (Å²) in [5.74, 6) is 0. The van der Waals surface area contributed by atoms with Gasteiger partial charge in [0.05, 0.1) is 28.3 Å². The third-order valence-corrected chi connectivity index (χ3v) is 3.63. The SMILES string of the molecule is Cc1ncsc1C(O)CC1CCCO1. The van der Waals surface area contributed by atoms with E-state index in [1.54, 1.807) is 5.51 Å². The van der Waals surface area contributed by atoms with Gasteiger partial charge in [0, 0.05) is 13.0 Å². The quantitative estimate of drug-likeness (QED) is 0.835. The van der Waals surface area contributed by atoms with Gasteiger partial charge in [-0.05, 0) is 19.8 Å². The Kier molecular flexibility index (Phi) is 3.15. The molecule has 14 heavy (non-hydrogen) atoms. The summed E-state index contributed by atoms with van der Waals surface area (Å²) in [5.41, 5.74) is 2.73. The first-order valence-electron chi connectivity index (χ1n) is 4.97. The molecule has 0 spiro atoms. The molecule has 4 heteroatoms. The van der Waals surface area contributed by atoms with Gasteiger partial charge in [-0.15, -0.1) is 11.3 Å². The third kappa shape index (κ3) is 2.13. The lowest BCUT2D eigenvalue weighted by Crippen LogP contribution is -2.11. The first kappa shape index (κ1) is 10.1. The van der Waals surface area contributed by atoms with E-state index in [0.717, 1.165) is 30.0 Å². The van der Waals surface area contributed by atoms with Crippen LogP contribution < -0.4 is 0 Å². The number of hydrogen-bond acceptors (Lipinski definition) is 4. The van der Waals surface area contributed by atoms with Gasteiger partial charge >= 0.3 is 0 Å². The van der Waals surface area contributed by atoms with Gasteiger partial charge in [0.15, 0.2) is 0 Å². The minimum absolute atomic E-state index is 0.242. The van der Waals surface area contributed by atoms with Gasteiger partial charge in [-0.25, -0.2) is 4.98 Å². The molecule has 1 fully saturated rings. The van der Waals surface area contributed by atoms with Crippen LogP contribution in [0, 0.1) is 6.92 Å². The van der Waals surface area contributed by atoms with Crippen molar-refractivity contribution in [3.8, 4) is 0 Å². The molecule has 3 nitrogen and oxygen atoms in total. The zero-order valence-electron chi connectivity index (χ0n) is 8.27. The summed E-state index contributed by atoms with van der Waals surface area (Å²) in [6, 6.07) is 0. The summed E-state index contributed by atoms with van der Waals surface area (Å²) in [7, 11) is 0. The smallest absolute Gasteiger partial charge is 0.0925 e. The second-order valence-corrected chi connectivity index (χ2v) is 4.57. The molecule has 0 aromatic carbocycles. The van der Waals surface area contributed by atoms with E-state index in [0.29, 0.717) is 6.42 Å². The Balaban J connectivity index is 1.95. The fourth-order valence-corrected chi connectivity index (χ4v) is 2.62. The predicted molar refractivity (Wildman–Crippen MR) is 55.4 cm³/mol. The van der Waals surface area contributed by atoms with Gasteiger partial charge in [0.1, 0.15) is 0 Å². The molecule has 1 saturated heterocycles. The maximum atomic E-state index is 9.94. The van der Waals surface area contributed by atoms with Crippen LogP contribution in [0.5, 0.6) is 0 Å². The minimum Gasteiger partial charge on any atom is -0.387 e. The van der Waals surface area contributed by atoms with Crippen molar-refractivity contribution < 1.29 is 9.84 Å². The fourth-order valence-electron chi connectivity index (χ4n) is 1.82. The molecular weight excluding hydrogens is 198 g/mol. The monoisotopic (exact) mass is 213 g/mol. The summed E-state index contributed by atoms with van der Waals surface area (Å²) in [6.07, 6.45) is 2.76. The van der Waals surface area contributed by atoms with Crippen LogP contribution in [0.25, 0.3) is 0 Å². The van der Waals surface area contributed by atoms with Crippen LogP contribution >= 0.6 is 11.3 Å². The number of aliphatic hydroxyl groups excluding tert-OH is 1. The molecule has 0 aliphatic carbocycles. The first-order valence-corrected chi connectivity index (χ1v) is 5.85. The average molecular weight is 213 g/mol. The van der Waals surface area contributed by atoms with Crippen molar-refractivity contribution in [3.05, 3.63) is 16.1 Å². The molecule has 1 aromatic rings. The average Bonchev–Trinajstić information content (AvgIpc) is 2.75. The second kappa shape index (κ2) is 4.38. The lowest BCUT2D eigenvalue weighted by molar-refractivity contribution is 0.0545. The number of nitrogens with zero attached hydrogens (tertiary/aromatic N) is 1. The van der Waals surface area contributed by atoms with E-state index < -0.39 is 6.10 Å². The van der Waals surface area contributed by atoms with Crippen molar-refractivity contribution in [1.82, 2.24) is 4.98 Å². The van der Waals surface area contributed by atoms with Gasteiger partial charge in [-0.2, -0.15) is 0 Å². The number of thiazole rings is 1. The van der Waals surface area contributed by atoms with Crippen LogP contribution in [-0.2, 0) is 4.74 Å². The van der Waals surface area contributed by atoms with Crippen LogP contribution in [0.15, 0.2) is 5.51 Å². The van der Waals surface area contributed by atoms with Crippen molar-refractivity contribution >= 4 is 11.3 Å². The molecule has 1 aliphatic rings. The lowest BCUT2D eigenvalue weighted by atomic mass is 10.1. The molecule has 0 saturated carbocycles.